The first-order valence-electron chi connectivity index (χ1n) is 12.4. The highest BCUT2D eigenvalue weighted by molar-refractivity contribution is 5.82. The van der Waals surface area contributed by atoms with E-state index in [9.17, 15) is 9.18 Å². The van der Waals surface area contributed by atoms with Crippen LogP contribution in [-0.2, 0) is 11.3 Å². The Morgan fingerprint density at radius 2 is 1.82 bits per heavy atom. The highest BCUT2D eigenvalue weighted by atomic mass is 19.1. The van der Waals surface area contributed by atoms with Crippen LogP contribution in [-0.4, -0.2) is 70.7 Å². The number of rotatable bonds is 7. The molecule has 0 aliphatic carbocycles. The molecular weight excluding hydrogens is 489 g/mol. The van der Waals surface area contributed by atoms with E-state index in [4.69, 9.17) is 9.47 Å². The topological polar surface area (TPSA) is 97.6 Å². The summed E-state index contributed by atoms with van der Waals surface area (Å²) in [6, 6.07) is 7.50. The van der Waals surface area contributed by atoms with Crippen LogP contribution in [0.15, 0.2) is 42.9 Å². The second kappa shape index (κ2) is 10.5. The van der Waals surface area contributed by atoms with Gasteiger partial charge in [0.1, 0.15) is 22.8 Å². The molecule has 1 amide bonds. The van der Waals surface area contributed by atoms with E-state index in [-0.39, 0.29) is 17.5 Å². The van der Waals surface area contributed by atoms with Crippen molar-refractivity contribution in [3.05, 3.63) is 48.7 Å². The van der Waals surface area contributed by atoms with Gasteiger partial charge in [0.2, 0.25) is 11.9 Å². The van der Waals surface area contributed by atoms with Gasteiger partial charge in [-0.25, -0.2) is 19.3 Å². The van der Waals surface area contributed by atoms with Crippen molar-refractivity contribution < 1.29 is 18.7 Å². The number of aromatic nitrogens is 4. The number of methoxy groups -OCH3 is 2. The van der Waals surface area contributed by atoms with E-state index < -0.39 is 5.82 Å². The minimum atomic E-state index is -0.545. The molecule has 0 bridgehead atoms. The Hall–Kier alpha value is -4.41. The molecule has 0 unspecified atom stereocenters. The lowest BCUT2D eigenvalue weighted by Crippen LogP contribution is -2.48. The Bertz CT molecular complexity index is 1480. The van der Waals surface area contributed by atoms with Gasteiger partial charge in [-0.05, 0) is 19.1 Å². The number of anilines is 3. The lowest BCUT2D eigenvalue weighted by atomic mass is 10.1. The van der Waals surface area contributed by atoms with E-state index in [1.54, 1.807) is 33.4 Å². The number of halogens is 1. The first kappa shape index (κ1) is 25.2. The fourth-order valence-electron chi connectivity index (χ4n) is 4.70. The lowest BCUT2D eigenvalue weighted by Gasteiger charge is -2.36. The number of hydrogen-bond donors (Lipinski definition) is 1. The number of pyridine rings is 1. The average molecular weight is 520 g/mol. The third kappa shape index (κ3) is 4.79. The molecule has 1 fully saturated rings. The third-order valence-electron chi connectivity index (χ3n) is 6.77. The van der Waals surface area contributed by atoms with Crippen molar-refractivity contribution in [2.75, 3.05) is 50.6 Å². The highest BCUT2D eigenvalue weighted by Crippen LogP contribution is 2.40. The molecule has 198 valence electrons. The predicted molar refractivity (Wildman–Crippen MR) is 144 cm³/mol. The molecule has 38 heavy (non-hydrogen) atoms. The van der Waals surface area contributed by atoms with Crippen molar-refractivity contribution >= 4 is 34.3 Å². The summed E-state index contributed by atoms with van der Waals surface area (Å²) in [7, 11) is 3.17. The van der Waals surface area contributed by atoms with Crippen LogP contribution < -0.4 is 19.7 Å². The Morgan fingerprint density at radius 3 is 2.50 bits per heavy atom. The van der Waals surface area contributed by atoms with Gasteiger partial charge in [0, 0.05) is 75.1 Å². The zero-order valence-corrected chi connectivity index (χ0v) is 21.9. The average Bonchev–Trinajstić information content (AvgIpc) is 3.36. The van der Waals surface area contributed by atoms with E-state index in [1.165, 1.54) is 0 Å². The minimum Gasteiger partial charge on any atom is -0.494 e. The van der Waals surface area contributed by atoms with Crippen molar-refractivity contribution in [3.63, 3.8) is 0 Å². The van der Waals surface area contributed by atoms with E-state index >= 15 is 0 Å². The molecule has 3 aromatic heterocycles. The molecule has 0 spiro atoms. The first-order valence-corrected chi connectivity index (χ1v) is 12.4. The van der Waals surface area contributed by atoms with Crippen molar-refractivity contribution in [2.45, 2.75) is 20.4 Å². The molecule has 5 rings (SSSR count). The molecule has 4 heterocycles. The monoisotopic (exact) mass is 519 g/mol. The van der Waals surface area contributed by atoms with Crippen molar-refractivity contribution in [3.8, 4) is 22.8 Å². The van der Waals surface area contributed by atoms with Gasteiger partial charge in [0.25, 0.3) is 0 Å². The second-order valence-electron chi connectivity index (χ2n) is 8.97. The molecule has 0 radical (unpaired) electrons. The third-order valence-corrected chi connectivity index (χ3v) is 6.77. The zero-order valence-electron chi connectivity index (χ0n) is 21.9. The summed E-state index contributed by atoms with van der Waals surface area (Å²) in [6.45, 7) is 7.05. The van der Waals surface area contributed by atoms with Crippen molar-refractivity contribution in [1.29, 1.82) is 0 Å². The van der Waals surface area contributed by atoms with Gasteiger partial charge in [0.15, 0.2) is 5.82 Å². The Balaban J connectivity index is 1.44. The summed E-state index contributed by atoms with van der Waals surface area (Å²) < 4.78 is 28.2. The summed E-state index contributed by atoms with van der Waals surface area (Å²) in [4.78, 5) is 28.8. The highest BCUT2D eigenvalue weighted by Gasteiger charge is 2.23. The number of fused-ring (bicyclic) bond motifs is 1. The number of nitrogens with one attached hydrogen (secondary N) is 1. The van der Waals surface area contributed by atoms with E-state index in [1.807, 2.05) is 40.8 Å². The summed E-state index contributed by atoms with van der Waals surface area (Å²) in [5.41, 5.74) is 2.97. The van der Waals surface area contributed by atoms with Gasteiger partial charge in [-0.3, -0.25) is 4.79 Å². The SMILES string of the molecule is CCn1ccc2cc(-c3nc(Nc4cc(OC)c(N5CCN(C(C)=O)CC5)cc4OC)ncc3F)cnc21. The molecule has 1 aliphatic heterocycles. The van der Waals surface area contributed by atoms with Crippen LogP contribution in [0.5, 0.6) is 11.5 Å². The Labute approximate surface area is 220 Å². The largest absolute Gasteiger partial charge is 0.494 e. The quantitative estimate of drug-likeness (QED) is 0.390. The van der Waals surface area contributed by atoms with Gasteiger partial charge in [0.05, 0.1) is 31.8 Å². The molecule has 1 saturated heterocycles. The molecule has 1 aromatic carbocycles. The molecule has 1 aliphatic rings. The molecule has 4 aromatic rings. The normalized spacial score (nSPS) is 13.6. The fraction of sp³-hybridized carbons (Fsp3) is 0.333. The molecule has 11 heteroatoms. The number of benzene rings is 1. The van der Waals surface area contributed by atoms with Crippen LogP contribution in [0.1, 0.15) is 13.8 Å². The molecule has 0 saturated carbocycles. The first-order chi connectivity index (χ1) is 18.4. The van der Waals surface area contributed by atoms with Crippen molar-refractivity contribution in [2.24, 2.45) is 0 Å². The maximum absolute atomic E-state index is 14.8. The number of amides is 1. The summed E-state index contributed by atoms with van der Waals surface area (Å²) in [6.07, 6.45) is 4.71. The van der Waals surface area contributed by atoms with Crippen LogP contribution in [0.3, 0.4) is 0 Å². The van der Waals surface area contributed by atoms with Crippen molar-refractivity contribution in [1.82, 2.24) is 24.4 Å². The van der Waals surface area contributed by atoms with Gasteiger partial charge < -0.3 is 29.2 Å². The van der Waals surface area contributed by atoms with E-state index in [0.717, 1.165) is 29.5 Å². The van der Waals surface area contributed by atoms with Crippen LogP contribution in [0, 0.1) is 5.82 Å². The maximum Gasteiger partial charge on any atom is 0.228 e. The molecule has 10 nitrogen and oxygen atoms in total. The number of carbonyl (C=O) groups is 1. The van der Waals surface area contributed by atoms with Gasteiger partial charge in [-0.2, -0.15) is 0 Å². The van der Waals surface area contributed by atoms with Crippen LogP contribution in [0.25, 0.3) is 22.3 Å². The maximum atomic E-state index is 14.8. The minimum absolute atomic E-state index is 0.0717. The summed E-state index contributed by atoms with van der Waals surface area (Å²) >= 11 is 0. The zero-order chi connectivity index (χ0) is 26.8. The van der Waals surface area contributed by atoms with E-state index in [2.05, 4.69) is 25.2 Å². The fourth-order valence-corrected chi connectivity index (χ4v) is 4.70. The molecule has 0 atom stereocenters. The smallest absolute Gasteiger partial charge is 0.228 e. The summed E-state index contributed by atoms with van der Waals surface area (Å²) in [5, 5.41) is 4.05. The van der Waals surface area contributed by atoms with Gasteiger partial charge in [-0.15, -0.1) is 0 Å². The molecular formula is C27H30FN7O3. The Kier molecular flexibility index (Phi) is 6.99. The number of piperazine rings is 1. The number of hydrogen-bond acceptors (Lipinski definition) is 8. The Morgan fingerprint density at radius 1 is 1.05 bits per heavy atom. The summed E-state index contributed by atoms with van der Waals surface area (Å²) in [5.74, 6) is 0.907. The predicted octanol–water partition coefficient (Wildman–Crippen LogP) is 4.08. The van der Waals surface area contributed by atoms with Crippen LogP contribution in [0.4, 0.5) is 21.7 Å². The number of nitrogens with zero attached hydrogens (tertiary/aromatic N) is 6. The van der Waals surface area contributed by atoms with Crippen LogP contribution >= 0.6 is 0 Å². The number of aryl methyl sites for hydroxylation is 1. The second-order valence-corrected chi connectivity index (χ2v) is 8.97. The standard InChI is InChI=1S/C27H30FN7O3/c1-5-33-7-6-18-12-19(15-29-26(18)33)25-20(28)16-30-27(32-25)31-21-13-24(38-4)22(14-23(21)37-3)35-10-8-34(9-11-35)17(2)36/h6-7,12-16H,5,8-11H2,1-4H3,(H,30,31,32). The van der Waals surface area contributed by atoms with Crippen LogP contribution in [0.2, 0.25) is 0 Å². The van der Waals surface area contributed by atoms with Gasteiger partial charge in [-0.1, -0.05) is 0 Å². The lowest BCUT2D eigenvalue weighted by molar-refractivity contribution is -0.129. The molecule has 1 N–H and O–H groups in total. The van der Waals surface area contributed by atoms with Gasteiger partial charge >= 0.3 is 0 Å². The number of carbonyl (C=O) groups excluding carboxylic acids is 1. The van der Waals surface area contributed by atoms with E-state index in [0.29, 0.717) is 48.9 Å². The number of ether oxygens (including phenoxy) is 2.